The Balaban J connectivity index is 2.68. The van der Waals surface area contributed by atoms with Gasteiger partial charge in [0.05, 0.1) is 0 Å². The first-order valence-electron chi connectivity index (χ1n) is 4.03. The molecule has 0 amide bonds. The van der Waals surface area contributed by atoms with Gasteiger partial charge in [0.25, 0.3) is 0 Å². The molecule has 0 radical (unpaired) electrons. The van der Waals surface area contributed by atoms with Gasteiger partial charge in [-0.3, -0.25) is 0 Å². The second-order valence-corrected chi connectivity index (χ2v) is 4.06. The number of hydrogen-bond donors (Lipinski definition) is 2. The monoisotopic (exact) mass is 240 g/mol. The van der Waals surface area contributed by atoms with E-state index in [1.807, 2.05) is 25.1 Å². The van der Waals surface area contributed by atoms with Gasteiger partial charge in [0, 0.05) is 22.4 Å². The number of rotatable bonds is 3. The molecule has 3 N–H and O–H groups in total. The minimum Gasteiger partial charge on any atom is -0.399 e. The van der Waals surface area contributed by atoms with Crippen LogP contribution in [0.2, 0.25) is 0 Å². The molecule has 0 unspecified atom stereocenters. The van der Waals surface area contributed by atoms with Crippen LogP contribution in [0.3, 0.4) is 0 Å². The minimum absolute atomic E-state index is 0.726. The van der Waals surface area contributed by atoms with E-state index in [-0.39, 0.29) is 0 Å². The van der Waals surface area contributed by atoms with E-state index in [2.05, 4.69) is 27.8 Å². The van der Waals surface area contributed by atoms with Crippen LogP contribution in [0.4, 0.5) is 11.4 Å². The van der Waals surface area contributed by atoms with Crippen LogP contribution in [-0.2, 0) is 0 Å². The van der Waals surface area contributed by atoms with E-state index < -0.39 is 0 Å². The lowest BCUT2D eigenvalue weighted by molar-refractivity contribution is 1.31. The number of halogens is 1. The van der Waals surface area contributed by atoms with Crippen molar-refractivity contribution in [2.24, 2.45) is 0 Å². The molecule has 1 aromatic rings. The summed E-state index contributed by atoms with van der Waals surface area (Å²) in [6, 6.07) is 5.87. The fourth-order valence-corrected chi connectivity index (χ4v) is 1.12. The Labute approximate surface area is 87.0 Å². The summed E-state index contributed by atoms with van der Waals surface area (Å²) in [7, 11) is 0. The van der Waals surface area contributed by atoms with Gasteiger partial charge in [-0.2, -0.15) is 0 Å². The minimum atomic E-state index is 0.726. The molecule has 0 bridgehead atoms. The molecule has 0 fully saturated rings. The van der Waals surface area contributed by atoms with E-state index in [9.17, 15) is 0 Å². The van der Waals surface area contributed by atoms with Crippen molar-refractivity contribution in [2.75, 3.05) is 17.6 Å². The zero-order valence-corrected chi connectivity index (χ0v) is 9.19. The molecule has 3 heteroatoms. The van der Waals surface area contributed by atoms with Gasteiger partial charge in [0.2, 0.25) is 0 Å². The second-order valence-electron chi connectivity index (χ2n) is 2.94. The summed E-state index contributed by atoms with van der Waals surface area (Å²) in [5.74, 6) is 0. The van der Waals surface area contributed by atoms with Gasteiger partial charge >= 0.3 is 0 Å². The fourth-order valence-electron chi connectivity index (χ4n) is 0.984. The van der Waals surface area contributed by atoms with Crippen LogP contribution >= 0.6 is 15.9 Å². The molecule has 0 spiro atoms. The molecule has 0 heterocycles. The summed E-state index contributed by atoms with van der Waals surface area (Å²) in [6.07, 6.45) is 0. The Hall–Kier alpha value is -0.960. The Morgan fingerprint density at radius 2 is 2.31 bits per heavy atom. The average molecular weight is 241 g/mol. The van der Waals surface area contributed by atoms with Crippen LogP contribution < -0.4 is 11.1 Å². The molecule has 0 saturated carbocycles. The highest BCUT2D eigenvalue weighted by Crippen LogP contribution is 2.17. The van der Waals surface area contributed by atoms with Gasteiger partial charge in [0.15, 0.2) is 0 Å². The Morgan fingerprint density at radius 1 is 1.62 bits per heavy atom. The number of nitrogens with two attached hydrogens (primary N) is 1. The molecular weight excluding hydrogens is 228 g/mol. The molecule has 0 atom stereocenters. The third-order valence-corrected chi connectivity index (χ3v) is 2.03. The lowest BCUT2D eigenvalue weighted by Crippen LogP contribution is -2.01. The lowest BCUT2D eigenvalue weighted by Gasteiger charge is -2.07. The van der Waals surface area contributed by atoms with E-state index >= 15 is 0 Å². The highest BCUT2D eigenvalue weighted by Gasteiger charge is 1.95. The maximum absolute atomic E-state index is 5.69. The summed E-state index contributed by atoms with van der Waals surface area (Å²) < 4.78 is 0.932. The quantitative estimate of drug-likeness (QED) is 0.798. The molecule has 70 valence electrons. The Morgan fingerprint density at radius 3 is 2.85 bits per heavy atom. The van der Waals surface area contributed by atoms with Crippen molar-refractivity contribution in [3.8, 4) is 0 Å². The number of nitrogen functional groups attached to an aromatic ring is 1. The average Bonchev–Trinajstić information content (AvgIpc) is 2.07. The van der Waals surface area contributed by atoms with Gasteiger partial charge in [-0.25, -0.2) is 0 Å². The zero-order chi connectivity index (χ0) is 9.84. The highest BCUT2D eigenvalue weighted by molar-refractivity contribution is 9.11. The van der Waals surface area contributed by atoms with Crippen molar-refractivity contribution >= 4 is 27.3 Å². The zero-order valence-electron chi connectivity index (χ0n) is 7.60. The van der Waals surface area contributed by atoms with Crippen molar-refractivity contribution < 1.29 is 0 Å². The predicted octanol–water partition coefficient (Wildman–Crippen LogP) is 2.90. The van der Waals surface area contributed by atoms with Crippen LogP contribution in [0, 0.1) is 6.92 Å². The summed E-state index contributed by atoms with van der Waals surface area (Å²) in [6.45, 7) is 6.45. The first-order valence-corrected chi connectivity index (χ1v) is 4.82. The number of benzene rings is 1. The van der Waals surface area contributed by atoms with Gasteiger partial charge in [-0.05, 0) is 30.7 Å². The molecule has 0 aliphatic heterocycles. The largest absolute Gasteiger partial charge is 0.399 e. The molecule has 1 rings (SSSR count). The summed E-state index contributed by atoms with van der Waals surface area (Å²) in [5.41, 5.74) is 8.66. The Bertz CT molecular complexity index is 321. The molecule has 0 aliphatic rings. The van der Waals surface area contributed by atoms with Crippen LogP contribution in [0.25, 0.3) is 0 Å². The topological polar surface area (TPSA) is 38.0 Å². The Kier molecular flexibility index (Phi) is 3.37. The molecule has 0 saturated heterocycles. The van der Waals surface area contributed by atoms with Crippen LogP contribution in [0.5, 0.6) is 0 Å². The summed E-state index contributed by atoms with van der Waals surface area (Å²) in [5, 5.41) is 3.21. The number of nitrogens with one attached hydrogen (secondary N) is 1. The van der Waals surface area contributed by atoms with Crippen molar-refractivity contribution in [1.82, 2.24) is 0 Å². The third kappa shape index (κ3) is 3.11. The van der Waals surface area contributed by atoms with Gasteiger partial charge < -0.3 is 11.1 Å². The SMILES string of the molecule is C=C(Br)CNc1ccc(N)c(C)c1. The summed E-state index contributed by atoms with van der Waals surface area (Å²) >= 11 is 3.28. The van der Waals surface area contributed by atoms with E-state index in [1.165, 1.54) is 0 Å². The molecule has 0 aliphatic carbocycles. The van der Waals surface area contributed by atoms with Crippen molar-refractivity contribution in [3.05, 3.63) is 34.8 Å². The smallest absolute Gasteiger partial charge is 0.0460 e. The molecule has 2 nitrogen and oxygen atoms in total. The number of aryl methyl sites for hydroxylation is 1. The van der Waals surface area contributed by atoms with E-state index in [1.54, 1.807) is 0 Å². The van der Waals surface area contributed by atoms with Gasteiger partial charge in [-0.15, -0.1) is 0 Å². The molecule has 1 aromatic carbocycles. The maximum Gasteiger partial charge on any atom is 0.0460 e. The fraction of sp³-hybridized carbons (Fsp3) is 0.200. The standard InChI is InChI=1S/C10H13BrN2/c1-7-5-9(3-4-10(7)12)13-6-8(2)11/h3-5,13H,2,6,12H2,1H3. The first-order chi connectivity index (χ1) is 6.09. The summed E-state index contributed by atoms with van der Waals surface area (Å²) in [4.78, 5) is 0. The van der Waals surface area contributed by atoms with E-state index in [0.717, 1.165) is 28.0 Å². The maximum atomic E-state index is 5.69. The first kappa shape index (κ1) is 10.1. The molecule has 13 heavy (non-hydrogen) atoms. The van der Waals surface area contributed by atoms with Crippen LogP contribution in [0.1, 0.15) is 5.56 Å². The lowest BCUT2D eigenvalue weighted by atomic mass is 10.2. The van der Waals surface area contributed by atoms with Gasteiger partial charge in [-0.1, -0.05) is 22.5 Å². The van der Waals surface area contributed by atoms with Crippen LogP contribution in [-0.4, -0.2) is 6.54 Å². The van der Waals surface area contributed by atoms with E-state index in [0.29, 0.717) is 0 Å². The number of hydrogen-bond acceptors (Lipinski definition) is 2. The van der Waals surface area contributed by atoms with Crippen molar-refractivity contribution in [1.29, 1.82) is 0 Å². The normalized spacial score (nSPS) is 9.69. The highest BCUT2D eigenvalue weighted by atomic mass is 79.9. The molecule has 0 aromatic heterocycles. The molecular formula is C10H13BrN2. The van der Waals surface area contributed by atoms with Crippen molar-refractivity contribution in [3.63, 3.8) is 0 Å². The predicted molar refractivity (Wildman–Crippen MR) is 62.1 cm³/mol. The second kappa shape index (κ2) is 4.33. The van der Waals surface area contributed by atoms with E-state index in [4.69, 9.17) is 5.73 Å². The van der Waals surface area contributed by atoms with Gasteiger partial charge in [0.1, 0.15) is 0 Å². The van der Waals surface area contributed by atoms with Crippen molar-refractivity contribution in [2.45, 2.75) is 6.92 Å². The van der Waals surface area contributed by atoms with Crippen LogP contribution in [0.15, 0.2) is 29.3 Å². The third-order valence-electron chi connectivity index (χ3n) is 1.75. The number of anilines is 2.